The lowest BCUT2D eigenvalue weighted by Gasteiger charge is -2.36. The first-order chi connectivity index (χ1) is 17.5. The van der Waals surface area contributed by atoms with Crippen LogP contribution in [0.2, 0.25) is 0 Å². The Hall–Kier alpha value is -3.76. The topological polar surface area (TPSA) is 76.0 Å². The second-order valence-corrected chi connectivity index (χ2v) is 9.26. The average molecular weight is 507 g/mol. The van der Waals surface area contributed by atoms with Gasteiger partial charge in [0.05, 0.1) is 16.7 Å². The molecule has 5 aromatic rings. The highest BCUT2D eigenvalue weighted by atomic mass is 32.1. The van der Waals surface area contributed by atoms with Crippen LogP contribution in [0.3, 0.4) is 0 Å². The summed E-state index contributed by atoms with van der Waals surface area (Å²) in [5.74, 6) is -0.0141. The Kier molecular flexibility index (Phi) is 5.90. The lowest BCUT2D eigenvalue weighted by molar-refractivity contribution is 0.201. The number of halogens is 2. The first kappa shape index (κ1) is 22.7. The fourth-order valence-electron chi connectivity index (χ4n) is 4.75. The molecule has 0 amide bonds. The van der Waals surface area contributed by atoms with Gasteiger partial charge in [0.15, 0.2) is 4.77 Å². The molecule has 0 atom stereocenters. The van der Waals surface area contributed by atoms with E-state index >= 15 is 0 Å². The lowest BCUT2D eigenvalue weighted by Crippen LogP contribution is -2.47. The molecule has 3 N–H and O–H groups in total. The van der Waals surface area contributed by atoms with Crippen LogP contribution < -0.4 is 9.64 Å². The van der Waals surface area contributed by atoms with Crippen molar-refractivity contribution < 1.29 is 13.5 Å². The Morgan fingerprint density at radius 3 is 2.44 bits per heavy atom. The summed E-state index contributed by atoms with van der Waals surface area (Å²) in [5.41, 5.74) is 4.85. The number of hydrogen-bond acceptors (Lipinski definition) is 5. The van der Waals surface area contributed by atoms with Crippen molar-refractivity contribution in [3.8, 4) is 17.1 Å². The number of para-hydroxylation sites is 2. The van der Waals surface area contributed by atoms with Crippen molar-refractivity contribution in [3.63, 3.8) is 0 Å². The number of benzene rings is 3. The molecule has 1 aliphatic rings. The summed E-state index contributed by atoms with van der Waals surface area (Å²) in [4.78, 5) is 18.8. The van der Waals surface area contributed by atoms with Gasteiger partial charge in [-0.25, -0.2) is 13.8 Å². The fourth-order valence-corrected chi connectivity index (χ4v) is 4.96. The van der Waals surface area contributed by atoms with Gasteiger partial charge in [-0.05, 0) is 48.6 Å². The maximum absolute atomic E-state index is 13.7. The maximum atomic E-state index is 13.7. The highest BCUT2D eigenvalue weighted by molar-refractivity contribution is 7.71. The monoisotopic (exact) mass is 506 g/mol. The number of hydrogen-bond donors (Lipinski definition) is 3. The number of imidazole rings is 2. The summed E-state index contributed by atoms with van der Waals surface area (Å²) < 4.78 is 34.1. The third-order valence-corrected chi connectivity index (χ3v) is 6.72. The highest BCUT2D eigenvalue weighted by Crippen LogP contribution is 2.30. The van der Waals surface area contributed by atoms with Gasteiger partial charge in [0, 0.05) is 44.4 Å². The van der Waals surface area contributed by atoms with Gasteiger partial charge in [0.2, 0.25) is 0 Å². The Morgan fingerprint density at radius 1 is 0.889 bits per heavy atom. The minimum absolute atomic E-state index is 0.385. The third kappa shape index (κ3) is 4.45. The van der Waals surface area contributed by atoms with Crippen molar-refractivity contribution >= 4 is 40.0 Å². The molecular formula is C26H24F2N6OS. The number of rotatable bonds is 6. The van der Waals surface area contributed by atoms with E-state index in [2.05, 4.69) is 24.8 Å². The summed E-state index contributed by atoms with van der Waals surface area (Å²) in [6, 6.07) is 15.2. The van der Waals surface area contributed by atoms with E-state index in [1.54, 1.807) is 0 Å². The van der Waals surface area contributed by atoms with E-state index in [4.69, 9.17) is 21.9 Å². The summed E-state index contributed by atoms with van der Waals surface area (Å²) >= 11 is 5.19. The number of fused-ring (bicyclic) bond motifs is 2. The van der Waals surface area contributed by atoms with Crippen LogP contribution in [0.1, 0.15) is 0 Å². The number of ether oxygens (including phenoxy) is 1. The number of H-pyrrole nitrogens is 3. The molecule has 3 heterocycles. The molecular weight excluding hydrogens is 482 g/mol. The zero-order valence-corrected chi connectivity index (χ0v) is 20.2. The molecule has 3 aromatic carbocycles. The lowest BCUT2D eigenvalue weighted by atomic mass is 10.2. The number of aromatic amines is 3. The smallest absolute Gasteiger partial charge is 0.175 e. The molecule has 184 valence electrons. The normalized spacial score (nSPS) is 14.7. The van der Waals surface area contributed by atoms with Crippen molar-refractivity contribution in [2.45, 2.75) is 0 Å². The summed E-state index contributed by atoms with van der Waals surface area (Å²) in [6.45, 7) is 4.86. The van der Waals surface area contributed by atoms with Crippen LogP contribution in [-0.4, -0.2) is 64.2 Å². The van der Waals surface area contributed by atoms with Crippen LogP contribution in [0.25, 0.3) is 33.5 Å². The predicted molar refractivity (Wildman–Crippen MR) is 139 cm³/mol. The first-order valence-corrected chi connectivity index (χ1v) is 12.2. The Balaban J connectivity index is 1.11. The van der Waals surface area contributed by atoms with Gasteiger partial charge in [-0.3, -0.25) is 4.90 Å². The standard InChI is InChI=1S/C26H24F2N6OS/c27-17-13-16(14-18(28)15-17)25-29-19-3-1-5-21(23(19)31-25)34-9-7-33(8-10-34)11-12-35-22-6-2-4-20-24(22)32-26(36)30-20/h1-6,13-15H,7-12H2,(H,29,31)(H2,30,32,36). The van der Waals surface area contributed by atoms with E-state index in [0.29, 0.717) is 22.8 Å². The van der Waals surface area contributed by atoms with Gasteiger partial charge >= 0.3 is 0 Å². The molecule has 0 saturated carbocycles. The number of anilines is 1. The predicted octanol–water partition coefficient (Wildman–Crippen LogP) is 5.25. The molecule has 7 nitrogen and oxygen atoms in total. The molecule has 2 aromatic heterocycles. The van der Waals surface area contributed by atoms with Crippen molar-refractivity contribution in [2.24, 2.45) is 0 Å². The van der Waals surface area contributed by atoms with Crippen molar-refractivity contribution in [3.05, 3.63) is 71.0 Å². The van der Waals surface area contributed by atoms with Gasteiger partial charge in [0.25, 0.3) is 0 Å². The second-order valence-electron chi connectivity index (χ2n) is 8.85. The van der Waals surface area contributed by atoms with Crippen molar-refractivity contribution in [1.29, 1.82) is 0 Å². The molecule has 0 aliphatic carbocycles. The molecule has 0 spiro atoms. The van der Waals surface area contributed by atoms with E-state index in [1.165, 1.54) is 12.1 Å². The number of piperazine rings is 1. The van der Waals surface area contributed by atoms with E-state index in [1.807, 2.05) is 36.4 Å². The SMILES string of the molecule is Fc1cc(F)cc(-c2nc3c(N4CCN(CCOc5cccc6[nH]c(=S)[nH]c56)CC4)cccc3[nH]2)c1. The molecule has 0 radical (unpaired) electrons. The fraction of sp³-hybridized carbons (Fsp3) is 0.231. The van der Waals surface area contributed by atoms with Crippen molar-refractivity contribution in [1.82, 2.24) is 24.8 Å². The van der Waals surface area contributed by atoms with Gasteiger partial charge in [-0.2, -0.15) is 0 Å². The van der Waals surface area contributed by atoms with E-state index in [9.17, 15) is 8.78 Å². The minimum Gasteiger partial charge on any atom is -0.490 e. The minimum atomic E-state index is -0.626. The van der Waals surface area contributed by atoms with Crippen LogP contribution >= 0.6 is 12.2 Å². The molecule has 0 bridgehead atoms. The van der Waals surface area contributed by atoms with Gasteiger partial charge in [-0.15, -0.1) is 0 Å². The highest BCUT2D eigenvalue weighted by Gasteiger charge is 2.20. The van der Waals surface area contributed by atoms with Crippen LogP contribution in [0, 0.1) is 16.4 Å². The summed E-state index contributed by atoms with van der Waals surface area (Å²) in [6.07, 6.45) is 0. The summed E-state index contributed by atoms with van der Waals surface area (Å²) in [5, 5.41) is 0. The molecule has 1 saturated heterocycles. The average Bonchev–Trinajstić information content (AvgIpc) is 3.47. The maximum Gasteiger partial charge on any atom is 0.175 e. The molecule has 36 heavy (non-hydrogen) atoms. The van der Waals surface area contributed by atoms with E-state index in [0.717, 1.165) is 72.3 Å². The van der Waals surface area contributed by atoms with E-state index in [-0.39, 0.29) is 0 Å². The van der Waals surface area contributed by atoms with E-state index < -0.39 is 11.6 Å². The van der Waals surface area contributed by atoms with Crippen LogP contribution in [0.15, 0.2) is 54.6 Å². The van der Waals surface area contributed by atoms with Gasteiger partial charge in [-0.1, -0.05) is 12.1 Å². The third-order valence-electron chi connectivity index (χ3n) is 6.52. The molecule has 1 aliphatic heterocycles. The molecule has 0 unspecified atom stereocenters. The zero-order chi connectivity index (χ0) is 24.6. The van der Waals surface area contributed by atoms with Gasteiger partial charge < -0.3 is 24.6 Å². The number of aromatic nitrogens is 4. The molecule has 6 rings (SSSR count). The quantitative estimate of drug-likeness (QED) is 0.274. The zero-order valence-electron chi connectivity index (χ0n) is 19.4. The Bertz CT molecular complexity index is 1580. The Labute approximate surface area is 210 Å². The van der Waals surface area contributed by atoms with Crippen LogP contribution in [0.4, 0.5) is 14.5 Å². The number of nitrogens with zero attached hydrogens (tertiary/aromatic N) is 3. The molecule has 1 fully saturated rings. The van der Waals surface area contributed by atoms with Crippen LogP contribution in [0.5, 0.6) is 5.75 Å². The van der Waals surface area contributed by atoms with Gasteiger partial charge in [0.1, 0.15) is 40.8 Å². The second kappa shape index (κ2) is 9.36. The van der Waals surface area contributed by atoms with Crippen LogP contribution in [-0.2, 0) is 0 Å². The summed E-state index contributed by atoms with van der Waals surface area (Å²) in [7, 11) is 0. The Morgan fingerprint density at radius 2 is 1.64 bits per heavy atom. The first-order valence-electron chi connectivity index (χ1n) is 11.8. The largest absolute Gasteiger partial charge is 0.490 e. The molecule has 10 heteroatoms. The number of nitrogens with one attached hydrogen (secondary N) is 3. The van der Waals surface area contributed by atoms with Crippen molar-refractivity contribution in [2.75, 3.05) is 44.2 Å².